The number of thioether (sulfide) groups is 1. The lowest BCUT2D eigenvalue weighted by Crippen LogP contribution is -2.42. The maximum Gasteiger partial charge on any atom is 0.238 e. The van der Waals surface area contributed by atoms with Crippen molar-refractivity contribution in [1.82, 2.24) is 10.2 Å². The summed E-state index contributed by atoms with van der Waals surface area (Å²) in [5.74, 6) is -0.249. The average Bonchev–Trinajstić information content (AvgIpc) is 2.55. The van der Waals surface area contributed by atoms with Crippen LogP contribution in [-0.4, -0.2) is 47.6 Å². The zero-order chi connectivity index (χ0) is 19.5. The second-order valence-electron chi connectivity index (χ2n) is 6.36. The minimum atomic E-state index is -0.162. The normalized spacial score (nSPS) is 11.9. The minimum absolute atomic E-state index is 0.0781. The van der Waals surface area contributed by atoms with Crippen LogP contribution in [-0.2, 0) is 9.59 Å². The predicted octanol–water partition coefficient (Wildman–Crippen LogP) is 2.87. The fourth-order valence-corrected chi connectivity index (χ4v) is 3.30. The van der Waals surface area contributed by atoms with Crippen LogP contribution in [0.15, 0.2) is 29.2 Å². The number of nitrogens with one attached hydrogen (secondary N) is 2. The van der Waals surface area contributed by atoms with Crippen molar-refractivity contribution in [3.05, 3.63) is 24.3 Å². The van der Waals surface area contributed by atoms with E-state index >= 15 is 0 Å². The molecule has 6 nitrogen and oxygen atoms in total. The summed E-state index contributed by atoms with van der Waals surface area (Å²) < 4.78 is 0. The Kier molecular flexibility index (Phi) is 9.78. The van der Waals surface area contributed by atoms with Crippen molar-refractivity contribution in [2.24, 2.45) is 0 Å². The van der Waals surface area contributed by atoms with E-state index < -0.39 is 0 Å². The van der Waals surface area contributed by atoms with E-state index in [1.54, 1.807) is 16.7 Å². The Hall–Kier alpha value is -2.04. The number of carbonyl (C=O) groups is 2. The molecule has 0 unspecified atom stereocenters. The summed E-state index contributed by atoms with van der Waals surface area (Å²) in [6.45, 7) is 8.66. The molecule has 0 radical (unpaired) electrons. The van der Waals surface area contributed by atoms with Crippen LogP contribution < -0.4 is 10.6 Å². The molecule has 142 valence electrons. The third kappa shape index (κ3) is 8.37. The van der Waals surface area contributed by atoms with Crippen LogP contribution in [0.1, 0.15) is 34.1 Å². The van der Waals surface area contributed by atoms with Crippen LogP contribution in [0.5, 0.6) is 0 Å². The molecule has 0 saturated heterocycles. The average molecular weight is 377 g/mol. The van der Waals surface area contributed by atoms with Crippen molar-refractivity contribution >= 4 is 29.3 Å². The first-order valence-electron chi connectivity index (χ1n) is 8.79. The number of para-hydroxylation sites is 1. The predicted molar refractivity (Wildman–Crippen MR) is 106 cm³/mol. The van der Waals surface area contributed by atoms with Crippen molar-refractivity contribution in [1.29, 1.82) is 5.26 Å². The second-order valence-corrected chi connectivity index (χ2v) is 7.84. The summed E-state index contributed by atoms with van der Waals surface area (Å²) >= 11 is 1.56. The van der Waals surface area contributed by atoms with Crippen molar-refractivity contribution in [3.63, 3.8) is 0 Å². The van der Waals surface area contributed by atoms with E-state index in [1.165, 1.54) is 0 Å². The van der Waals surface area contributed by atoms with Crippen molar-refractivity contribution in [2.75, 3.05) is 25.0 Å². The summed E-state index contributed by atoms with van der Waals surface area (Å²) in [6, 6.07) is 9.79. The van der Waals surface area contributed by atoms with Gasteiger partial charge in [-0.15, -0.1) is 11.8 Å². The number of amides is 2. The van der Waals surface area contributed by atoms with E-state index in [-0.39, 0.29) is 36.2 Å². The van der Waals surface area contributed by atoms with Crippen LogP contribution >= 0.6 is 11.8 Å². The highest BCUT2D eigenvalue weighted by molar-refractivity contribution is 8.00. The van der Waals surface area contributed by atoms with Gasteiger partial charge in [0.15, 0.2) is 0 Å². The third-order valence-corrected chi connectivity index (χ3v) is 4.68. The molecule has 1 aromatic carbocycles. The fraction of sp³-hybridized carbons (Fsp3) is 0.526. The van der Waals surface area contributed by atoms with Gasteiger partial charge < -0.3 is 10.6 Å². The van der Waals surface area contributed by atoms with Crippen molar-refractivity contribution in [2.45, 2.75) is 50.3 Å². The number of nitrogens with zero attached hydrogens (tertiary/aromatic N) is 2. The molecule has 0 aliphatic heterocycles. The Morgan fingerprint density at radius 2 is 1.85 bits per heavy atom. The van der Waals surface area contributed by atoms with Gasteiger partial charge in [-0.2, -0.15) is 5.26 Å². The standard InChI is InChI=1S/C19H28N4O2S/c1-5-23(12-18(24)21-14(2)3)13-19(25)22-16-8-6-7-9-17(16)26-15(4)10-11-20/h6-9,14-15H,5,10,12-13H2,1-4H3,(H,21,24)(H,22,25)/t15-/m1/s1. The molecular weight excluding hydrogens is 348 g/mol. The molecule has 0 spiro atoms. The van der Waals surface area contributed by atoms with Gasteiger partial charge in [-0.05, 0) is 32.5 Å². The number of rotatable bonds is 10. The molecule has 1 aromatic rings. The van der Waals surface area contributed by atoms with Gasteiger partial charge >= 0.3 is 0 Å². The topological polar surface area (TPSA) is 85.2 Å². The highest BCUT2D eigenvalue weighted by Gasteiger charge is 2.15. The molecular formula is C19H28N4O2S. The molecule has 0 heterocycles. The largest absolute Gasteiger partial charge is 0.353 e. The van der Waals surface area contributed by atoms with Crippen LogP contribution in [0, 0.1) is 11.3 Å². The van der Waals surface area contributed by atoms with Crippen LogP contribution in [0.25, 0.3) is 0 Å². The van der Waals surface area contributed by atoms with Gasteiger partial charge in [0.1, 0.15) is 0 Å². The zero-order valence-electron chi connectivity index (χ0n) is 15.9. The van der Waals surface area contributed by atoms with E-state index in [4.69, 9.17) is 5.26 Å². The molecule has 0 saturated carbocycles. The highest BCUT2D eigenvalue weighted by Crippen LogP contribution is 2.31. The van der Waals surface area contributed by atoms with Crippen LogP contribution in [0.2, 0.25) is 0 Å². The quantitative estimate of drug-likeness (QED) is 0.613. The smallest absolute Gasteiger partial charge is 0.238 e. The Morgan fingerprint density at radius 3 is 2.46 bits per heavy atom. The first kappa shape index (κ1) is 22.0. The SMILES string of the molecule is CCN(CC(=O)Nc1ccccc1S[C@H](C)CC#N)CC(=O)NC(C)C. The molecule has 26 heavy (non-hydrogen) atoms. The number of hydrogen-bond donors (Lipinski definition) is 2. The Labute approximate surface area is 160 Å². The maximum atomic E-state index is 12.4. The Morgan fingerprint density at radius 1 is 1.19 bits per heavy atom. The van der Waals surface area contributed by atoms with Crippen LogP contribution in [0.4, 0.5) is 5.69 Å². The first-order valence-corrected chi connectivity index (χ1v) is 9.67. The number of carbonyl (C=O) groups excluding carboxylic acids is 2. The van der Waals surface area contributed by atoms with Gasteiger partial charge in [0.25, 0.3) is 0 Å². The summed E-state index contributed by atoms with van der Waals surface area (Å²) in [5, 5.41) is 14.7. The highest BCUT2D eigenvalue weighted by atomic mass is 32.2. The molecule has 0 fully saturated rings. The molecule has 1 rings (SSSR count). The molecule has 0 aliphatic carbocycles. The lowest BCUT2D eigenvalue weighted by atomic mass is 10.3. The molecule has 2 amide bonds. The van der Waals surface area contributed by atoms with E-state index in [0.717, 1.165) is 10.6 Å². The van der Waals surface area contributed by atoms with Gasteiger partial charge in [0, 0.05) is 22.6 Å². The molecule has 0 bridgehead atoms. The lowest BCUT2D eigenvalue weighted by molar-refractivity contribution is -0.123. The monoisotopic (exact) mass is 376 g/mol. The van der Waals surface area contributed by atoms with E-state index in [1.807, 2.05) is 52.0 Å². The van der Waals surface area contributed by atoms with Crippen molar-refractivity contribution in [3.8, 4) is 6.07 Å². The molecule has 0 aromatic heterocycles. The first-order chi connectivity index (χ1) is 12.3. The van der Waals surface area contributed by atoms with Gasteiger partial charge in [0.05, 0.1) is 24.8 Å². The molecule has 7 heteroatoms. The third-order valence-electron chi connectivity index (χ3n) is 3.50. The number of likely N-dealkylation sites (N-methyl/N-ethyl adjacent to an activating group) is 1. The summed E-state index contributed by atoms with van der Waals surface area (Å²) in [7, 11) is 0. The Bertz CT molecular complexity index is 643. The number of benzene rings is 1. The number of hydrogen-bond acceptors (Lipinski definition) is 5. The maximum absolute atomic E-state index is 12.4. The van der Waals surface area contributed by atoms with Gasteiger partial charge in [-0.3, -0.25) is 14.5 Å². The molecule has 1 atom stereocenters. The van der Waals surface area contributed by atoms with Gasteiger partial charge in [-0.25, -0.2) is 0 Å². The van der Waals surface area contributed by atoms with E-state index in [9.17, 15) is 9.59 Å². The van der Waals surface area contributed by atoms with Crippen molar-refractivity contribution < 1.29 is 9.59 Å². The van der Waals surface area contributed by atoms with Gasteiger partial charge in [0.2, 0.25) is 11.8 Å². The minimum Gasteiger partial charge on any atom is -0.353 e. The Balaban J connectivity index is 2.66. The number of nitriles is 1. The van der Waals surface area contributed by atoms with Gasteiger partial charge in [-0.1, -0.05) is 26.0 Å². The number of anilines is 1. The zero-order valence-corrected chi connectivity index (χ0v) is 16.7. The summed E-state index contributed by atoms with van der Waals surface area (Å²) in [5.41, 5.74) is 0.731. The second kappa shape index (κ2) is 11.6. The summed E-state index contributed by atoms with van der Waals surface area (Å²) in [4.78, 5) is 27.0. The fourth-order valence-electron chi connectivity index (χ4n) is 2.30. The van der Waals surface area contributed by atoms with Crippen LogP contribution in [0.3, 0.4) is 0 Å². The summed E-state index contributed by atoms with van der Waals surface area (Å²) in [6.07, 6.45) is 0.446. The molecule has 0 aliphatic rings. The van der Waals surface area contributed by atoms with E-state index in [2.05, 4.69) is 16.7 Å². The van der Waals surface area contributed by atoms with E-state index in [0.29, 0.717) is 13.0 Å². The lowest BCUT2D eigenvalue weighted by Gasteiger charge is -2.21. The molecule has 2 N–H and O–H groups in total.